The second-order valence-corrected chi connectivity index (χ2v) is 4.65. The smallest absolute Gasteiger partial charge is 0.0945 e. The first-order valence-electron chi connectivity index (χ1n) is 6.17. The lowest BCUT2D eigenvalue weighted by Gasteiger charge is -2.15. The zero-order valence-electron chi connectivity index (χ0n) is 9.76. The van der Waals surface area contributed by atoms with Crippen LogP contribution in [0, 0.1) is 5.92 Å². The molecule has 16 heavy (non-hydrogen) atoms. The van der Waals surface area contributed by atoms with Gasteiger partial charge in [-0.3, -0.25) is 0 Å². The molecule has 1 aromatic heterocycles. The van der Waals surface area contributed by atoms with Crippen molar-refractivity contribution < 1.29 is 5.11 Å². The average Bonchev–Trinajstić information content (AvgIpc) is 2.95. The van der Waals surface area contributed by atoms with Gasteiger partial charge in [-0.15, -0.1) is 0 Å². The lowest BCUT2D eigenvalue weighted by atomic mass is 10.1. The van der Waals surface area contributed by atoms with Crippen molar-refractivity contribution in [2.75, 3.05) is 26.2 Å². The van der Waals surface area contributed by atoms with Gasteiger partial charge in [0.05, 0.1) is 6.33 Å². The Morgan fingerprint density at radius 2 is 2.19 bits per heavy atom. The number of rotatable bonds is 6. The summed E-state index contributed by atoms with van der Waals surface area (Å²) in [6, 6.07) is 0. The largest absolute Gasteiger partial charge is 0.396 e. The average molecular weight is 223 g/mol. The first-order valence-corrected chi connectivity index (χ1v) is 6.17. The topological polar surface area (TPSA) is 41.3 Å². The number of hydrogen-bond donors (Lipinski definition) is 1. The molecule has 1 aliphatic rings. The van der Waals surface area contributed by atoms with Crippen LogP contribution in [0.5, 0.6) is 0 Å². The summed E-state index contributed by atoms with van der Waals surface area (Å²) in [7, 11) is 0. The summed E-state index contributed by atoms with van der Waals surface area (Å²) in [4.78, 5) is 6.49. The number of aliphatic hydroxyl groups is 1. The van der Waals surface area contributed by atoms with E-state index in [9.17, 15) is 0 Å². The maximum Gasteiger partial charge on any atom is 0.0945 e. The van der Waals surface area contributed by atoms with E-state index < -0.39 is 0 Å². The standard InChI is InChI=1S/C12H21N3O/c16-10-12-3-7-14(9-12)5-1-2-6-15-8-4-13-11-15/h4,8,11-12,16H,1-3,5-7,9-10H2. The zero-order valence-corrected chi connectivity index (χ0v) is 9.76. The quantitative estimate of drug-likeness (QED) is 0.731. The van der Waals surface area contributed by atoms with Crippen LogP contribution in [0.3, 0.4) is 0 Å². The van der Waals surface area contributed by atoms with Crippen LogP contribution in [0.1, 0.15) is 19.3 Å². The summed E-state index contributed by atoms with van der Waals surface area (Å²) in [5.74, 6) is 0.522. The molecule has 0 spiro atoms. The summed E-state index contributed by atoms with van der Waals surface area (Å²) in [6.45, 7) is 4.84. The van der Waals surface area contributed by atoms with Crippen LogP contribution >= 0.6 is 0 Å². The Morgan fingerprint density at radius 1 is 1.31 bits per heavy atom. The van der Waals surface area contributed by atoms with Crippen molar-refractivity contribution in [2.45, 2.75) is 25.8 Å². The normalized spacial score (nSPS) is 21.7. The monoisotopic (exact) mass is 223 g/mol. The van der Waals surface area contributed by atoms with Crippen LogP contribution in [0.2, 0.25) is 0 Å². The van der Waals surface area contributed by atoms with Gasteiger partial charge >= 0.3 is 0 Å². The third-order valence-corrected chi connectivity index (χ3v) is 3.33. The lowest BCUT2D eigenvalue weighted by Crippen LogP contribution is -2.22. The Balaban J connectivity index is 1.55. The fraction of sp³-hybridized carbons (Fsp3) is 0.750. The second-order valence-electron chi connectivity index (χ2n) is 4.65. The molecule has 0 aromatic carbocycles. The Kier molecular flexibility index (Phi) is 4.36. The summed E-state index contributed by atoms with van der Waals surface area (Å²) < 4.78 is 2.13. The van der Waals surface area contributed by atoms with E-state index in [2.05, 4.69) is 14.5 Å². The third kappa shape index (κ3) is 3.32. The fourth-order valence-corrected chi connectivity index (χ4v) is 2.31. The minimum atomic E-state index is 0.353. The Bertz CT molecular complexity index is 286. The summed E-state index contributed by atoms with van der Waals surface area (Å²) >= 11 is 0. The summed E-state index contributed by atoms with van der Waals surface area (Å²) in [6.07, 6.45) is 9.31. The maximum atomic E-state index is 9.04. The molecule has 1 aliphatic heterocycles. The molecular formula is C12H21N3O. The number of likely N-dealkylation sites (tertiary alicyclic amines) is 1. The van der Waals surface area contributed by atoms with Crippen molar-refractivity contribution in [1.82, 2.24) is 14.5 Å². The molecule has 4 nitrogen and oxygen atoms in total. The van der Waals surface area contributed by atoms with Gasteiger partial charge in [0.25, 0.3) is 0 Å². The van der Waals surface area contributed by atoms with Crippen LogP contribution < -0.4 is 0 Å². The van der Waals surface area contributed by atoms with E-state index in [1.54, 1.807) is 0 Å². The molecule has 1 aromatic rings. The van der Waals surface area contributed by atoms with Crippen molar-refractivity contribution in [2.24, 2.45) is 5.92 Å². The predicted molar refractivity (Wildman–Crippen MR) is 63.1 cm³/mol. The highest BCUT2D eigenvalue weighted by Crippen LogP contribution is 2.15. The van der Waals surface area contributed by atoms with Gasteiger partial charge in [-0.25, -0.2) is 4.98 Å². The first-order chi connectivity index (χ1) is 7.88. The third-order valence-electron chi connectivity index (χ3n) is 3.33. The van der Waals surface area contributed by atoms with Gasteiger partial charge in [0.2, 0.25) is 0 Å². The van der Waals surface area contributed by atoms with E-state index in [1.807, 2.05) is 18.7 Å². The maximum absolute atomic E-state index is 9.04. The van der Waals surface area contributed by atoms with E-state index in [-0.39, 0.29) is 0 Å². The number of aromatic nitrogens is 2. The van der Waals surface area contributed by atoms with Gasteiger partial charge in [0, 0.05) is 32.1 Å². The number of imidazole rings is 1. The number of hydrogen-bond acceptors (Lipinski definition) is 3. The number of aliphatic hydroxyl groups excluding tert-OH is 1. The van der Waals surface area contributed by atoms with Gasteiger partial charge in [-0.2, -0.15) is 0 Å². The molecule has 1 unspecified atom stereocenters. The van der Waals surface area contributed by atoms with E-state index >= 15 is 0 Å². The van der Waals surface area contributed by atoms with E-state index in [0.29, 0.717) is 12.5 Å². The Labute approximate surface area is 96.9 Å². The second kappa shape index (κ2) is 6.01. The minimum absolute atomic E-state index is 0.353. The highest BCUT2D eigenvalue weighted by molar-refractivity contribution is 4.76. The van der Waals surface area contributed by atoms with Crippen LogP contribution in [0.25, 0.3) is 0 Å². The predicted octanol–water partition coefficient (Wildman–Crippen LogP) is 0.977. The molecule has 0 radical (unpaired) electrons. The van der Waals surface area contributed by atoms with Crippen molar-refractivity contribution in [3.8, 4) is 0 Å². The van der Waals surface area contributed by atoms with Crippen LogP contribution in [0.4, 0.5) is 0 Å². The fourth-order valence-electron chi connectivity index (χ4n) is 2.31. The Morgan fingerprint density at radius 3 is 2.88 bits per heavy atom. The molecule has 1 fully saturated rings. The van der Waals surface area contributed by atoms with Gasteiger partial charge < -0.3 is 14.6 Å². The molecule has 0 aliphatic carbocycles. The van der Waals surface area contributed by atoms with E-state index in [0.717, 1.165) is 26.1 Å². The highest BCUT2D eigenvalue weighted by Gasteiger charge is 2.20. The number of unbranched alkanes of at least 4 members (excludes halogenated alkanes) is 1. The van der Waals surface area contributed by atoms with Crippen molar-refractivity contribution in [3.63, 3.8) is 0 Å². The molecule has 1 atom stereocenters. The lowest BCUT2D eigenvalue weighted by molar-refractivity contribution is 0.220. The van der Waals surface area contributed by atoms with Crippen LogP contribution in [-0.2, 0) is 6.54 Å². The number of nitrogens with zero attached hydrogens (tertiary/aromatic N) is 3. The van der Waals surface area contributed by atoms with Crippen molar-refractivity contribution in [1.29, 1.82) is 0 Å². The van der Waals surface area contributed by atoms with Gasteiger partial charge in [0.1, 0.15) is 0 Å². The molecule has 0 amide bonds. The summed E-state index contributed by atoms with van der Waals surface area (Å²) in [5.41, 5.74) is 0. The van der Waals surface area contributed by atoms with E-state index in [4.69, 9.17) is 5.11 Å². The van der Waals surface area contributed by atoms with Crippen LogP contribution in [0.15, 0.2) is 18.7 Å². The van der Waals surface area contributed by atoms with Gasteiger partial charge in [-0.1, -0.05) is 0 Å². The van der Waals surface area contributed by atoms with Gasteiger partial charge in [0.15, 0.2) is 0 Å². The SMILES string of the molecule is OCC1CCN(CCCCn2ccnc2)C1. The molecular weight excluding hydrogens is 202 g/mol. The molecule has 1 saturated heterocycles. The minimum Gasteiger partial charge on any atom is -0.396 e. The molecule has 90 valence electrons. The number of aryl methyl sites for hydroxylation is 1. The molecule has 0 saturated carbocycles. The summed E-state index contributed by atoms with van der Waals surface area (Å²) in [5, 5.41) is 9.04. The molecule has 0 bridgehead atoms. The van der Waals surface area contributed by atoms with Gasteiger partial charge in [-0.05, 0) is 38.3 Å². The Hall–Kier alpha value is -0.870. The van der Waals surface area contributed by atoms with Crippen LogP contribution in [-0.4, -0.2) is 45.8 Å². The molecule has 1 N–H and O–H groups in total. The molecule has 4 heteroatoms. The highest BCUT2D eigenvalue weighted by atomic mass is 16.3. The molecule has 2 heterocycles. The first kappa shape index (κ1) is 11.6. The van der Waals surface area contributed by atoms with Crippen molar-refractivity contribution >= 4 is 0 Å². The molecule has 2 rings (SSSR count). The van der Waals surface area contributed by atoms with E-state index in [1.165, 1.54) is 19.4 Å². The zero-order chi connectivity index (χ0) is 11.2. The van der Waals surface area contributed by atoms with Crippen molar-refractivity contribution in [3.05, 3.63) is 18.7 Å².